The molecule has 7 nitrogen and oxygen atoms in total. The number of nitrogens with one attached hydrogen (secondary N) is 1. The van der Waals surface area contributed by atoms with E-state index in [1.807, 2.05) is 0 Å². The molecule has 2 aromatic rings. The number of amides is 1. The van der Waals surface area contributed by atoms with Gasteiger partial charge in [-0.1, -0.05) is 5.16 Å². The van der Waals surface area contributed by atoms with E-state index >= 15 is 0 Å². The number of hydrogen-bond donors (Lipinski definition) is 1. The first-order chi connectivity index (χ1) is 10.4. The van der Waals surface area contributed by atoms with E-state index in [0.717, 1.165) is 4.68 Å². The minimum atomic E-state index is -4.58. The summed E-state index contributed by atoms with van der Waals surface area (Å²) in [5, 5.41) is 9.41. The molecule has 10 heteroatoms. The average molecular weight is 316 g/mol. The van der Waals surface area contributed by atoms with E-state index in [4.69, 9.17) is 4.74 Å². The van der Waals surface area contributed by atoms with E-state index in [1.54, 1.807) is 0 Å². The SMILES string of the molecule is O=C(Cn1nc(C(F)(F)F)c2c1CCOC2)Nc1cnoc1. The number of anilines is 1. The Morgan fingerprint density at radius 1 is 1.45 bits per heavy atom. The van der Waals surface area contributed by atoms with E-state index in [0.29, 0.717) is 18.0 Å². The number of halogens is 3. The van der Waals surface area contributed by atoms with Crippen molar-refractivity contribution in [2.75, 3.05) is 11.9 Å². The highest BCUT2D eigenvalue weighted by atomic mass is 19.4. The number of fused-ring (bicyclic) bond motifs is 1. The molecule has 0 saturated carbocycles. The minimum absolute atomic E-state index is 0.00322. The van der Waals surface area contributed by atoms with Gasteiger partial charge in [0.2, 0.25) is 5.91 Å². The molecule has 1 aliphatic heterocycles. The van der Waals surface area contributed by atoms with Crippen molar-refractivity contribution in [1.29, 1.82) is 0 Å². The van der Waals surface area contributed by atoms with Gasteiger partial charge in [0.1, 0.15) is 18.5 Å². The van der Waals surface area contributed by atoms with Crippen LogP contribution in [0.1, 0.15) is 17.0 Å². The minimum Gasteiger partial charge on any atom is -0.376 e. The van der Waals surface area contributed by atoms with Crippen LogP contribution in [0.4, 0.5) is 18.9 Å². The van der Waals surface area contributed by atoms with Gasteiger partial charge in [-0.15, -0.1) is 0 Å². The topological polar surface area (TPSA) is 82.2 Å². The third kappa shape index (κ3) is 2.82. The number of ether oxygens (including phenoxy) is 1. The van der Waals surface area contributed by atoms with Crippen LogP contribution in [0, 0.1) is 0 Å². The molecule has 0 fully saturated rings. The predicted molar refractivity (Wildman–Crippen MR) is 65.7 cm³/mol. The van der Waals surface area contributed by atoms with Crippen LogP contribution < -0.4 is 5.32 Å². The van der Waals surface area contributed by atoms with Crippen molar-refractivity contribution in [2.24, 2.45) is 0 Å². The van der Waals surface area contributed by atoms with Crippen molar-refractivity contribution in [3.8, 4) is 0 Å². The van der Waals surface area contributed by atoms with E-state index in [9.17, 15) is 18.0 Å². The first kappa shape index (κ1) is 14.6. The monoisotopic (exact) mass is 316 g/mol. The summed E-state index contributed by atoms with van der Waals surface area (Å²) in [6, 6.07) is 0. The van der Waals surface area contributed by atoms with Crippen LogP contribution in [0.3, 0.4) is 0 Å². The number of carbonyl (C=O) groups excluding carboxylic acids is 1. The van der Waals surface area contributed by atoms with Gasteiger partial charge in [0, 0.05) is 17.7 Å². The molecule has 3 rings (SSSR count). The lowest BCUT2D eigenvalue weighted by Crippen LogP contribution is -2.22. The molecule has 1 amide bonds. The molecule has 1 aliphatic rings. The maximum absolute atomic E-state index is 13.0. The summed E-state index contributed by atoms with van der Waals surface area (Å²) in [5.74, 6) is -0.520. The number of hydrogen-bond acceptors (Lipinski definition) is 5. The quantitative estimate of drug-likeness (QED) is 0.930. The van der Waals surface area contributed by atoms with Gasteiger partial charge < -0.3 is 14.6 Å². The molecule has 0 radical (unpaired) electrons. The van der Waals surface area contributed by atoms with Gasteiger partial charge in [0.15, 0.2) is 5.69 Å². The van der Waals surface area contributed by atoms with Gasteiger partial charge >= 0.3 is 6.18 Å². The highest BCUT2D eigenvalue weighted by Crippen LogP contribution is 2.34. The molecule has 3 heterocycles. The fraction of sp³-hybridized carbons (Fsp3) is 0.417. The van der Waals surface area contributed by atoms with Crippen LogP contribution in [-0.4, -0.2) is 27.5 Å². The van der Waals surface area contributed by atoms with Crippen molar-refractivity contribution >= 4 is 11.6 Å². The molecule has 0 spiro atoms. The Hall–Kier alpha value is -2.36. The summed E-state index contributed by atoms with van der Waals surface area (Å²) in [6.07, 6.45) is -1.81. The lowest BCUT2D eigenvalue weighted by molar-refractivity contribution is -0.143. The Bertz CT molecular complexity index is 679. The molecular weight excluding hydrogens is 305 g/mol. The first-order valence-corrected chi connectivity index (χ1v) is 6.38. The number of carbonyl (C=O) groups is 1. The second kappa shape index (κ2) is 5.44. The highest BCUT2D eigenvalue weighted by molar-refractivity contribution is 5.90. The Morgan fingerprint density at radius 3 is 2.95 bits per heavy atom. The smallest absolute Gasteiger partial charge is 0.376 e. The standard InChI is InChI=1S/C12H11F3N4O3/c13-12(14,15)11-8-6-21-2-1-9(8)19(18-11)4-10(20)17-7-3-16-22-5-7/h3,5H,1-2,4,6H2,(H,17,20). The summed E-state index contributed by atoms with van der Waals surface area (Å²) < 4.78 is 49.6. The van der Waals surface area contributed by atoms with Gasteiger partial charge in [-0.25, -0.2) is 0 Å². The Morgan fingerprint density at radius 2 is 2.27 bits per heavy atom. The molecular formula is C12H11F3N4O3. The van der Waals surface area contributed by atoms with Gasteiger partial charge in [-0.2, -0.15) is 18.3 Å². The number of rotatable bonds is 3. The molecule has 0 atom stereocenters. The van der Waals surface area contributed by atoms with Gasteiger partial charge in [0.25, 0.3) is 0 Å². The maximum atomic E-state index is 13.0. The molecule has 0 saturated heterocycles. The zero-order chi connectivity index (χ0) is 15.7. The van der Waals surface area contributed by atoms with Crippen LogP contribution >= 0.6 is 0 Å². The Balaban J connectivity index is 1.84. The molecule has 118 valence electrons. The number of alkyl halides is 3. The van der Waals surface area contributed by atoms with Crippen molar-refractivity contribution in [2.45, 2.75) is 25.7 Å². The predicted octanol–water partition coefficient (Wildman–Crippen LogP) is 1.60. The third-order valence-electron chi connectivity index (χ3n) is 3.17. The molecule has 1 N–H and O–H groups in total. The molecule has 0 bridgehead atoms. The fourth-order valence-corrected chi connectivity index (χ4v) is 2.27. The van der Waals surface area contributed by atoms with Crippen LogP contribution in [-0.2, 0) is 35.3 Å². The van der Waals surface area contributed by atoms with Gasteiger partial charge in [-0.3, -0.25) is 9.48 Å². The Kier molecular flexibility index (Phi) is 3.61. The molecule has 0 aliphatic carbocycles. The van der Waals surface area contributed by atoms with Crippen molar-refractivity contribution < 1.29 is 27.2 Å². The maximum Gasteiger partial charge on any atom is 0.435 e. The average Bonchev–Trinajstić information content (AvgIpc) is 3.06. The van der Waals surface area contributed by atoms with E-state index < -0.39 is 17.8 Å². The van der Waals surface area contributed by atoms with E-state index in [2.05, 4.69) is 20.1 Å². The summed E-state index contributed by atoms with van der Waals surface area (Å²) in [7, 11) is 0. The van der Waals surface area contributed by atoms with Gasteiger partial charge in [-0.05, 0) is 0 Å². The summed E-state index contributed by atoms with van der Waals surface area (Å²) in [5.41, 5.74) is -0.305. The molecule has 2 aromatic heterocycles. The van der Waals surface area contributed by atoms with Crippen LogP contribution in [0.2, 0.25) is 0 Å². The zero-order valence-corrected chi connectivity index (χ0v) is 11.2. The highest BCUT2D eigenvalue weighted by Gasteiger charge is 2.40. The normalized spacial score (nSPS) is 14.7. The molecule has 0 unspecified atom stereocenters. The van der Waals surface area contributed by atoms with Gasteiger partial charge in [0.05, 0.1) is 19.4 Å². The van der Waals surface area contributed by atoms with E-state index in [1.165, 1.54) is 12.5 Å². The van der Waals surface area contributed by atoms with Crippen molar-refractivity contribution in [1.82, 2.24) is 14.9 Å². The molecule has 0 aromatic carbocycles. The number of aromatic nitrogens is 3. The second-order valence-electron chi connectivity index (χ2n) is 4.69. The summed E-state index contributed by atoms with van der Waals surface area (Å²) in [6.45, 7) is -0.190. The third-order valence-corrected chi connectivity index (χ3v) is 3.17. The fourth-order valence-electron chi connectivity index (χ4n) is 2.27. The van der Waals surface area contributed by atoms with Crippen molar-refractivity contribution in [3.05, 3.63) is 29.4 Å². The second-order valence-corrected chi connectivity index (χ2v) is 4.69. The first-order valence-electron chi connectivity index (χ1n) is 6.38. The Labute approximate surface area is 122 Å². The molecule has 22 heavy (non-hydrogen) atoms. The number of nitrogens with zero attached hydrogens (tertiary/aromatic N) is 3. The largest absolute Gasteiger partial charge is 0.435 e. The van der Waals surface area contributed by atoms with Crippen LogP contribution in [0.25, 0.3) is 0 Å². The van der Waals surface area contributed by atoms with Crippen LogP contribution in [0.5, 0.6) is 0 Å². The lowest BCUT2D eigenvalue weighted by atomic mass is 10.1. The van der Waals surface area contributed by atoms with E-state index in [-0.39, 0.29) is 25.1 Å². The van der Waals surface area contributed by atoms with Crippen LogP contribution in [0.15, 0.2) is 17.0 Å². The summed E-state index contributed by atoms with van der Waals surface area (Å²) >= 11 is 0. The zero-order valence-electron chi connectivity index (χ0n) is 11.2. The summed E-state index contributed by atoms with van der Waals surface area (Å²) in [4.78, 5) is 11.9. The van der Waals surface area contributed by atoms with Crippen molar-refractivity contribution in [3.63, 3.8) is 0 Å². The lowest BCUT2D eigenvalue weighted by Gasteiger charge is -2.15.